The zero-order valence-corrected chi connectivity index (χ0v) is 9.00. The predicted molar refractivity (Wildman–Crippen MR) is 57.5 cm³/mol. The summed E-state index contributed by atoms with van der Waals surface area (Å²) in [6, 6.07) is 2.08. The summed E-state index contributed by atoms with van der Waals surface area (Å²) in [4.78, 5) is 11.8. The number of aromatic amines is 1. The van der Waals surface area contributed by atoms with E-state index in [0.717, 1.165) is 18.7 Å². The minimum absolute atomic E-state index is 0.0546. The van der Waals surface area contributed by atoms with Gasteiger partial charge in [0, 0.05) is 17.8 Å². The maximum atomic E-state index is 11.8. The minimum atomic E-state index is 0.0546. The van der Waals surface area contributed by atoms with Crippen LogP contribution < -0.4 is 10.6 Å². The maximum absolute atomic E-state index is 11.8. The molecule has 1 aliphatic rings. The molecule has 0 bridgehead atoms. The van der Waals surface area contributed by atoms with Gasteiger partial charge in [-0.3, -0.25) is 9.89 Å². The first-order chi connectivity index (χ1) is 7.16. The van der Waals surface area contributed by atoms with Crippen LogP contribution in [0.3, 0.4) is 0 Å². The van der Waals surface area contributed by atoms with Crippen molar-refractivity contribution in [1.82, 2.24) is 15.5 Å². The number of hydrogen-bond donors (Lipinski definition) is 3. The van der Waals surface area contributed by atoms with Crippen molar-refractivity contribution in [2.45, 2.75) is 26.3 Å². The fourth-order valence-electron chi connectivity index (χ4n) is 1.92. The van der Waals surface area contributed by atoms with Gasteiger partial charge in [-0.1, -0.05) is 0 Å². The normalized spacial score (nSPS) is 25.5. The second kappa shape index (κ2) is 4.02. The summed E-state index contributed by atoms with van der Waals surface area (Å²) < 4.78 is 0. The summed E-state index contributed by atoms with van der Waals surface area (Å²) in [6.07, 6.45) is 0.899. The van der Waals surface area contributed by atoms with E-state index in [2.05, 4.69) is 20.8 Å². The van der Waals surface area contributed by atoms with E-state index in [4.69, 9.17) is 0 Å². The molecule has 1 aromatic heterocycles. The van der Waals surface area contributed by atoms with E-state index in [1.807, 2.05) is 19.9 Å². The van der Waals surface area contributed by atoms with Crippen molar-refractivity contribution in [2.24, 2.45) is 5.92 Å². The van der Waals surface area contributed by atoms with Crippen LogP contribution in [0.5, 0.6) is 0 Å². The lowest BCUT2D eigenvalue weighted by molar-refractivity contribution is -0.120. The lowest BCUT2D eigenvalue weighted by Gasteiger charge is -2.13. The number of nitrogens with one attached hydrogen (secondary N) is 3. The lowest BCUT2D eigenvalue weighted by atomic mass is 10.0. The molecule has 0 spiro atoms. The van der Waals surface area contributed by atoms with Crippen molar-refractivity contribution in [3.05, 3.63) is 11.8 Å². The first kappa shape index (κ1) is 10.2. The Labute approximate surface area is 88.6 Å². The Balaban J connectivity index is 1.97. The Hall–Kier alpha value is -1.36. The summed E-state index contributed by atoms with van der Waals surface area (Å²) in [6.45, 7) is 4.86. The van der Waals surface area contributed by atoms with E-state index in [1.165, 1.54) is 0 Å². The number of rotatable bonds is 2. The van der Waals surface area contributed by atoms with Crippen molar-refractivity contribution in [3.8, 4) is 0 Å². The van der Waals surface area contributed by atoms with Crippen molar-refractivity contribution in [3.63, 3.8) is 0 Å². The van der Waals surface area contributed by atoms with Gasteiger partial charge in [-0.15, -0.1) is 0 Å². The SMILES string of the molecule is Cc1cc(NC(=O)C2CCNC2C)n[nH]1. The molecule has 0 radical (unpaired) electrons. The van der Waals surface area contributed by atoms with E-state index in [1.54, 1.807) is 0 Å². The van der Waals surface area contributed by atoms with Crippen LogP contribution in [0, 0.1) is 12.8 Å². The number of carbonyl (C=O) groups is 1. The molecule has 1 amide bonds. The molecule has 3 N–H and O–H groups in total. The first-order valence-electron chi connectivity index (χ1n) is 5.23. The van der Waals surface area contributed by atoms with Gasteiger partial charge in [0.05, 0.1) is 5.92 Å². The van der Waals surface area contributed by atoms with Gasteiger partial charge in [0.1, 0.15) is 0 Å². The van der Waals surface area contributed by atoms with Gasteiger partial charge in [0.2, 0.25) is 5.91 Å². The number of aromatic nitrogens is 2. The first-order valence-corrected chi connectivity index (χ1v) is 5.23. The molecule has 5 heteroatoms. The Morgan fingerprint density at radius 2 is 2.47 bits per heavy atom. The molecule has 1 fully saturated rings. The monoisotopic (exact) mass is 208 g/mol. The lowest BCUT2D eigenvalue weighted by Crippen LogP contribution is -2.32. The molecular weight excluding hydrogens is 192 g/mol. The maximum Gasteiger partial charge on any atom is 0.230 e. The van der Waals surface area contributed by atoms with Gasteiger partial charge in [0.15, 0.2) is 5.82 Å². The minimum Gasteiger partial charge on any atom is -0.313 e. The molecule has 2 atom stereocenters. The summed E-state index contributed by atoms with van der Waals surface area (Å²) in [5, 5.41) is 12.8. The molecule has 15 heavy (non-hydrogen) atoms. The van der Waals surface area contributed by atoms with Crippen LogP contribution in [-0.2, 0) is 4.79 Å². The molecule has 0 aromatic carbocycles. The molecule has 0 aliphatic carbocycles. The van der Waals surface area contributed by atoms with E-state index >= 15 is 0 Å². The molecule has 2 rings (SSSR count). The highest BCUT2D eigenvalue weighted by Gasteiger charge is 2.29. The van der Waals surface area contributed by atoms with Crippen LogP contribution in [0.1, 0.15) is 19.0 Å². The van der Waals surface area contributed by atoms with Gasteiger partial charge in [-0.2, -0.15) is 5.10 Å². The number of aryl methyl sites for hydroxylation is 1. The average Bonchev–Trinajstić information content (AvgIpc) is 2.75. The molecule has 5 nitrogen and oxygen atoms in total. The average molecular weight is 208 g/mol. The highest BCUT2D eigenvalue weighted by Crippen LogP contribution is 2.17. The Morgan fingerprint density at radius 1 is 1.67 bits per heavy atom. The van der Waals surface area contributed by atoms with Crippen LogP contribution in [0.15, 0.2) is 6.07 Å². The predicted octanol–water partition coefficient (Wildman–Crippen LogP) is 0.655. The highest BCUT2D eigenvalue weighted by atomic mass is 16.2. The fourth-order valence-corrected chi connectivity index (χ4v) is 1.92. The molecule has 2 heterocycles. The standard InChI is InChI=1S/C10H16N4O/c1-6-5-9(14-13-6)12-10(15)8-3-4-11-7(8)2/h5,7-8,11H,3-4H2,1-2H3,(H2,12,13,14,15). The third-order valence-corrected chi connectivity index (χ3v) is 2.82. The second-order valence-corrected chi connectivity index (χ2v) is 4.06. The fraction of sp³-hybridized carbons (Fsp3) is 0.600. The molecule has 0 saturated carbocycles. The Morgan fingerprint density at radius 3 is 3.00 bits per heavy atom. The highest BCUT2D eigenvalue weighted by molar-refractivity contribution is 5.92. The molecule has 82 valence electrons. The van der Waals surface area contributed by atoms with E-state index in [-0.39, 0.29) is 17.9 Å². The summed E-state index contributed by atoms with van der Waals surface area (Å²) in [7, 11) is 0. The van der Waals surface area contributed by atoms with E-state index in [9.17, 15) is 4.79 Å². The molecule has 1 aromatic rings. The number of hydrogen-bond acceptors (Lipinski definition) is 3. The van der Waals surface area contributed by atoms with Gasteiger partial charge in [-0.25, -0.2) is 0 Å². The quantitative estimate of drug-likeness (QED) is 0.668. The number of carbonyl (C=O) groups excluding carboxylic acids is 1. The zero-order valence-electron chi connectivity index (χ0n) is 9.00. The van der Waals surface area contributed by atoms with Gasteiger partial charge in [-0.05, 0) is 26.8 Å². The summed E-state index contributed by atoms with van der Waals surface area (Å²) in [5.41, 5.74) is 0.947. The van der Waals surface area contributed by atoms with Crippen molar-refractivity contribution in [2.75, 3.05) is 11.9 Å². The van der Waals surface area contributed by atoms with Crippen LogP contribution in [-0.4, -0.2) is 28.7 Å². The third-order valence-electron chi connectivity index (χ3n) is 2.82. The van der Waals surface area contributed by atoms with Crippen molar-refractivity contribution < 1.29 is 4.79 Å². The van der Waals surface area contributed by atoms with Crippen molar-refractivity contribution >= 4 is 11.7 Å². The largest absolute Gasteiger partial charge is 0.313 e. The number of amides is 1. The molecule has 1 aliphatic heterocycles. The van der Waals surface area contributed by atoms with Crippen LogP contribution in [0.2, 0.25) is 0 Å². The van der Waals surface area contributed by atoms with Gasteiger partial charge in [0.25, 0.3) is 0 Å². The van der Waals surface area contributed by atoms with Crippen LogP contribution in [0.4, 0.5) is 5.82 Å². The second-order valence-electron chi connectivity index (χ2n) is 4.06. The third kappa shape index (κ3) is 2.18. The van der Waals surface area contributed by atoms with E-state index < -0.39 is 0 Å². The summed E-state index contributed by atoms with van der Waals surface area (Å²) >= 11 is 0. The zero-order chi connectivity index (χ0) is 10.8. The molecular formula is C10H16N4O. The topological polar surface area (TPSA) is 69.8 Å². The molecule has 2 unspecified atom stereocenters. The Bertz CT molecular complexity index is 360. The van der Waals surface area contributed by atoms with E-state index in [0.29, 0.717) is 5.82 Å². The Kier molecular flexibility index (Phi) is 2.73. The number of H-pyrrole nitrogens is 1. The summed E-state index contributed by atoms with van der Waals surface area (Å²) in [5.74, 6) is 0.720. The van der Waals surface area contributed by atoms with Gasteiger partial charge >= 0.3 is 0 Å². The number of nitrogens with zero attached hydrogens (tertiary/aromatic N) is 1. The van der Waals surface area contributed by atoms with Gasteiger partial charge < -0.3 is 10.6 Å². The number of anilines is 1. The molecule has 1 saturated heterocycles. The van der Waals surface area contributed by atoms with Crippen molar-refractivity contribution in [1.29, 1.82) is 0 Å². The van der Waals surface area contributed by atoms with Crippen LogP contribution >= 0.6 is 0 Å². The smallest absolute Gasteiger partial charge is 0.230 e. The van der Waals surface area contributed by atoms with Crippen LogP contribution in [0.25, 0.3) is 0 Å².